The number of rotatable bonds is 1. The molecule has 0 spiro atoms. The zero-order valence-electron chi connectivity index (χ0n) is 7.79. The standard InChI is InChI=1S/C9H17NO2S/c11-9(10-13)12-8-6-4-2-1-3-5-7-8/h8,13H,1-7H2,(H,10,11). The lowest BCUT2D eigenvalue weighted by atomic mass is 9.99. The Kier molecular flexibility index (Phi) is 5.05. The zero-order valence-corrected chi connectivity index (χ0v) is 8.69. The predicted octanol–water partition coefficient (Wildman–Crippen LogP) is 2.67. The van der Waals surface area contributed by atoms with Crippen LogP contribution < -0.4 is 4.72 Å². The van der Waals surface area contributed by atoms with Gasteiger partial charge >= 0.3 is 6.09 Å². The van der Waals surface area contributed by atoms with Crippen LogP contribution in [0.2, 0.25) is 0 Å². The third kappa shape index (κ3) is 4.41. The van der Waals surface area contributed by atoms with Crippen LogP contribution in [0.5, 0.6) is 0 Å². The summed E-state index contributed by atoms with van der Waals surface area (Å²) in [5.41, 5.74) is 0. The van der Waals surface area contributed by atoms with Crippen molar-refractivity contribution in [2.75, 3.05) is 0 Å². The van der Waals surface area contributed by atoms with Crippen molar-refractivity contribution in [1.82, 2.24) is 4.72 Å². The van der Waals surface area contributed by atoms with Crippen molar-refractivity contribution >= 4 is 18.9 Å². The number of carbonyl (C=O) groups is 1. The molecular formula is C9H17NO2S. The number of amides is 1. The lowest BCUT2D eigenvalue weighted by molar-refractivity contribution is 0.0869. The van der Waals surface area contributed by atoms with Gasteiger partial charge in [0, 0.05) is 0 Å². The first-order valence-electron chi connectivity index (χ1n) is 4.93. The van der Waals surface area contributed by atoms with E-state index in [2.05, 4.69) is 17.5 Å². The minimum Gasteiger partial charge on any atom is -0.446 e. The molecule has 0 aromatic carbocycles. The van der Waals surface area contributed by atoms with Crippen molar-refractivity contribution in [1.29, 1.82) is 0 Å². The molecule has 0 unspecified atom stereocenters. The number of nitrogens with one attached hydrogen (secondary N) is 1. The van der Waals surface area contributed by atoms with Crippen LogP contribution >= 0.6 is 12.8 Å². The Morgan fingerprint density at radius 2 is 1.69 bits per heavy atom. The molecule has 1 fully saturated rings. The van der Waals surface area contributed by atoms with E-state index in [0.717, 1.165) is 12.8 Å². The van der Waals surface area contributed by atoms with Crippen molar-refractivity contribution in [3.05, 3.63) is 0 Å². The van der Waals surface area contributed by atoms with E-state index in [1.54, 1.807) is 0 Å². The van der Waals surface area contributed by atoms with Gasteiger partial charge in [0.2, 0.25) is 0 Å². The summed E-state index contributed by atoms with van der Waals surface area (Å²) in [5, 5.41) is 0. The second-order valence-electron chi connectivity index (χ2n) is 3.48. The van der Waals surface area contributed by atoms with Crippen LogP contribution in [0.25, 0.3) is 0 Å². The summed E-state index contributed by atoms with van der Waals surface area (Å²) in [6, 6.07) is 0. The molecule has 1 rings (SSSR count). The van der Waals surface area contributed by atoms with E-state index in [4.69, 9.17) is 4.74 Å². The minimum absolute atomic E-state index is 0.104. The van der Waals surface area contributed by atoms with E-state index in [0.29, 0.717) is 0 Å². The summed E-state index contributed by atoms with van der Waals surface area (Å²) in [6.07, 6.45) is 7.88. The third-order valence-electron chi connectivity index (χ3n) is 2.42. The Bertz CT molecular complexity index is 156. The van der Waals surface area contributed by atoms with E-state index in [-0.39, 0.29) is 6.10 Å². The van der Waals surface area contributed by atoms with Crippen LogP contribution in [0.15, 0.2) is 0 Å². The molecule has 4 heteroatoms. The summed E-state index contributed by atoms with van der Waals surface area (Å²) in [5.74, 6) is 0. The fourth-order valence-corrected chi connectivity index (χ4v) is 1.77. The molecule has 1 aliphatic rings. The smallest absolute Gasteiger partial charge is 0.417 e. The lowest BCUT2D eigenvalue weighted by Crippen LogP contribution is -2.23. The topological polar surface area (TPSA) is 38.3 Å². The largest absolute Gasteiger partial charge is 0.446 e. The van der Waals surface area contributed by atoms with Gasteiger partial charge in [-0.25, -0.2) is 4.79 Å². The summed E-state index contributed by atoms with van der Waals surface area (Å²) in [4.78, 5) is 10.9. The number of ether oxygens (including phenoxy) is 1. The Balaban J connectivity index is 2.25. The first-order valence-corrected chi connectivity index (χ1v) is 5.38. The van der Waals surface area contributed by atoms with Gasteiger partial charge in [0.15, 0.2) is 0 Å². The molecule has 0 radical (unpaired) electrons. The van der Waals surface area contributed by atoms with Crippen LogP contribution in [0.3, 0.4) is 0 Å². The third-order valence-corrected chi connectivity index (χ3v) is 2.60. The van der Waals surface area contributed by atoms with Gasteiger partial charge in [-0.05, 0) is 25.7 Å². The highest BCUT2D eigenvalue weighted by Gasteiger charge is 2.14. The molecule has 0 aromatic heterocycles. The number of carbonyl (C=O) groups excluding carboxylic acids is 1. The maximum atomic E-state index is 10.9. The zero-order chi connectivity index (χ0) is 9.52. The first kappa shape index (κ1) is 10.7. The Hall–Kier alpha value is -0.380. The SMILES string of the molecule is O=C(NS)OC1CCCCCCC1. The molecule has 1 N–H and O–H groups in total. The van der Waals surface area contributed by atoms with Crippen molar-refractivity contribution in [2.24, 2.45) is 0 Å². The van der Waals surface area contributed by atoms with Gasteiger partial charge in [-0.3, -0.25) is 4.72 Å². The highest BCUT2D eigenvalue weighted by atomic mass is 32.1. The van der Waals surface area contributed by atoms with Crippen LogP contribution in [-0.4, -0.2) is 12.2 Å². The molecule has 13 heavy (non-hydrogen) atoms. The van der Waals surface area contributed by atoms with E-state index in [1.165, 1.54) is 32.1 Å². The molecule has 0 aliphatic heterocycles. The van der Waals surface area contributed by atoms with Crippen LogP contribution in [0.4, 0.5) is 4.79 Å². The normalized spacial score (nSPS) is 20.1. The number of hydrogen-bond acceptors (Lipinski definition) is 3. The average molecular weight is 203 g/mol. The molecule has 0 aromatic rings. The fourth-order valence-electron chi connectivity index (χ4n) is 1.71. The first-order chi connectivity index (χ1) is 6.33. The van der Waals surface area contributed by atoms with Crippen LogP contribution in [0, 0.1) is 0 Å². The van der Waals surface area contributed by atoms with Crippen molar-refractivity contribution in [2.45, 2.75) is 51.0 Å². The van der Waals surface area contributed by atoms with Gasteiger partial charge in [0.25, 0.3) is 0 Å². The molecule has 1 aliphatic carbocycles. The van der Waals surface area contributed by atoms with Gasteiger partial charge in [-0.2, -0.15) is 0 Å². The summed E-state index contributed by atoms with van der Waals surface area (Å²) < 4.78 is 7.33. The van der Waals surface area contributed by atoms with Crippen LogP contribution in [-0.2, 0) is 4.74 Å². The molecule has 0 heterocycles. The Morgan fingerprint density at radius 3 is 2.23 bits per heavy atom. The average Bonchev–Trinajstić information content (AvgIpc) is 2.09. The van der Waals surface area contributed by atoms with E-state index in [1.807, 2.05) is 0 Å². The van der Waals surface area contributed by atoms with E-state index >= 15 is 0 Å². The van der Waals surface area contributed by atoms with E-state index in [9.17, 15) is 4.79 Å². The monoisotopic (exact) mass is 203 g/mol. The Morgan fingerprint density at radius 1 is 1.15 bits per heavy atom. The second-order valence-corrected chi connectivity index (χ2v) is 3.71. The van der Waals surface area contributed by atoms with Gasteiger partial charge in [0.05, 0.1) is 0 Å². The predicted molar refractivity (Wildman–Crippen MR) is 54.7 cm³/mol. The molecule has 1 saturated carbocycles. The van der Waals surface area contributed by atoms with Gasteiger partial charge in [-0.1, -0.05) is 32.1 Å². The summed E-state index contributed by atoms with van der Waals surface area (Å²) in [7, 11) is 0. The van der Waals surface area contributed by atoms with Crippen LogP contribution in [0.1, 0.15) is 44.9 Å². The van der Waals surface area contributed by atoms with Crippen molar-refractivity contribution < 1.29 is 9.53 Å². The highest BCUT2D eigenvalue weighted by molar-refractivity contribution is 7.78. The summed E-state index contributed by atoms with van der Waals surface area (Å²) in [6.45, 7) is 0. The van der Waals surface area contributed by atoms with Crippen molar-refractivity contribution in [3.8, 4) is 0 Å². The maximum Gasteiger partial charge on any atom is 0.417 e. The molecule has 3 nitrogen and oxygen atoms in total. The quantitative estimate of drug-likeness (QED) is 0.643. The van der Waals surface area contributed by atoms with Gasteiger partial charge in [0.1, 0.15) is 6.10 Å². The molecule has 0 bridgehead atoms. The lowest BCUT2D eigenvalue weighted by Gasteiger charge is -2.19. The van der Waals surface area contributed by atoms with Crippen molar-refractivity contribution in [3.63, 3.8) is 0 Å². The number of thiol groups is 1. The maximum absolute atomic E-state index is 10.9. The van der Waals surface area contributed by atoms with E-state index < -0.39 is 6.09 Å². The fraction of sp³-hybridized carbons (Fsp3) is 0.889. The molecule has 0 saturated heterocycles. The summed E-state index contributed by atoms with van der Waals surface area (Å²) >= 11 is 3.64. The van der Waals surface area contributed by atoms with Gasteiger partial charge in [-0.15, -0.1) is 0 Å². The second kappa shape index (κ2) is 6.13. The van der Waals surface area contributed by atoms with Gasteiger partial charge < -0.3 is 4.74 Å². The Labute approximate surface area is 84.8 Å². The molecule has 76 valence electrons. The molecule has 0 atom stereocenters. The minimum atomic E-state index is -0.422. The molecule has 1 amide bonds. The number of hydrogen-bond donors (Lipinski definition) is 2. The molecular weight excluding hydrogens is 186 g/mol. The highest BCUT2D eigenvalue weighted by Crippen LogP contribution is 2.19.